The molecule has 3 amide bonds. The molecule has 13 nitrogen and oxygen atoms in total. The van der Waals surface area contributed by atoms with Gasteiger partial charge < -0.3 is 25.0 Å². The number of nitrogens with zero attached hydrogens (tertiary/aromatic N) is 8. The van der Waals surface area contributed by atoms with E-state index in [-0.39, 0.29) is 30.4 Å². The van der Waals surface area contributed by atoms with Crippen molar-refractivity contribution in [3.63, 3.8) is 0 Å². The molecule has 3 unspecified atom stereocenters. The molecule has 38 heavy (non-hydrogen) atoms. The maximum Gasteiger partial charge on any atom is 0.271 e. The zero-order valence-electron chi connectivity index (χ0n) is 20.7. The Hall–Kier alpha value is -4.56. The van der Waals surface area contributed by atoms with Crippen molar-refractivity contribution in [2.24, 2.45) is 11.8 Å². The van der Waals surface area contributed by atoms with Crippen LogP contribution in [-0.4, -0.2) is 80.8 Å². The first-order valence-electron chi connectivity index (χ1n) is 11.7. The Morgan fingerprint density at radius 3 is 2.47 bits per heavy atom. The zero-order valence-corrected chi connectivity index (χ0v) is 20.7. The van der Waals surface area contributed by atoms with E-state index in [1.807, 2.05) is 0 Å². The van der Waals surface area contributed by atoms with E-state index in [4.69, 9.17) is 0 Å². The van der Waals surface area contributed by atoms with E-state index in [9.17, 15) is 23.2 Å². The van der Waals surface area contributed by atoms with E-state index in [2.05, 4.69) is 35.6 Å². The van der Waals surface area contributed by atoms with E-state index >= 15 is 0 Å². The lowest BCUT2D eigenvalue weighted by molar-refractivity contribution is -0.118. The monoisotopic (exact) mass is 526 g/mol. The van der Waals surface area contributed by atoms with Crippen LogP contribution in [0.25, 0.3) is 11.3 Å². The maximum atomic E-state index is 13.5. The van der Waals surface area contributed by atoms with Crippen LogP contribution in [0.4, 0.5) is 26.4 Å². The highest BCUT2D eigenvalue weighted by Crippen LogP contribution is 2.59. The SMILES string of the molecule is CNC(=O)c1c(N(C)C=O)ncn1C(C)C(=O)Nc1cncc(-c2cnc(N3CC4C(C3)C4(F)F)nc2)n1. The highest BCUT2D eigenvalue weighted by Gasteiger charge is 2.72. The van der Waals surface area contributed by atoms with E-state index in [1.54, 1.807) is 11.8 Å². The van der Waals surface area contributed by atoms with Crippen molar-refractivity contribution in [2.75, 3.05) is 42.3 Å². The van der Waals surface area contributed by atoms with Crippen molar-refractivity contribution in [1.82, 2.24) is 34.8 Å². The van der Waals surface area contributed by atoms with Crippen LogP contribution in [0.15, 0.2) is 31.1 Å². The molecular formula is C23H24F2N10O3. The molecule has 0 radical (unpaired) electrons. The van der Waals surface area contributed by atoms with Gasteiger partial charge in [-0.15, -0.1) is 0 Å². The first-order valence-corrected chi connectivity index (χ1v) is 11.7. The Labute approximate surface area is 215 Å². The number of aromatic nitrogens is 6. The summed E-state index contributed by atoms with van der Waals surface area (Å²) in [7, 11) is 2.87. The molecule has 15 heteroatoms. The molecule has 4 heterocycles. The Bertz CT molecular complexity index is 1380. The van der Waals surface area contributed by atoms with Gasteiger partial charge in [0, 0.05) is 45.1 Å². The van der Waals surface area contributed by atoms with Crippen molar-refractivity contribution in [2.45, 2.75) is 18.9 Å². The average molecular weight is 527 g/mol. The average Bonchev–Trinajstić information content (AvgIpc) is 3.35. The van der Waals surface area contributed by atoms with Gasteiger partial charge in [0.15, 0.2) is 17.3 Å². The molecular weight excluding hydrogens is 502 g/mol. The van der Waals surface area contributed by atoms with Crippen molar-refractivity contribution in [3.05, 3.63) is 36.8 Å². The summed E-state index contributed by atoms with van der Waals surface area (Å²) >= 11 is 0. The third-order valence-electron chi connectivity index (χ3n) is 6.81. The molecule has 2 aliphatic rings. The van der Waals surface area contributed by atoms with Gasteiger partial charge in [-0.05, 0) is 6.92 Å². The topological polar surface area (TPSA) is 151 Å². The fourth-order valence-electron chi connectivity index (χ4n) is 4.50. The molecule has 2 fully saturated rings. The Morgan fingerprint density at radius 1 is 1.16 bits per heavy atom. The summed E-state index contributed by atoms with van der Waals surface area (Å²) in [5.74, 6) is -4.25. The van der Waals surface area contributed by atoms with Gasteiger partial charge in [0.25, 0.3) is 11.8 Å². The van der Waals surface area contributed by atoms with Gasteiger partial charge in [0.2, 0.25) is 18.3 Å². The van der Waals surface area contributed by atoms with Crippen molar-refractivity contribution in [1.29, 1.82) is 0 Å². The molecule has 0 aromatic carbocycles. The molecule has 3 atom stereocenters. The van der Waals surface area contributed by atoms with Gasteiger partial charge in [0.1, 0.15) is 6.04 Å². The summed E-state index contributed by atoms with van der Waals surface area (Å²) < 4.78 is 28.3. The summed E-state index contributed by atoms with van der Waals surface area (Å²) in [5, 5.41) is 5.15. The molecule has 3 aromatic heterocycles. The standard InChI is InChI=1S/C23H24F2N10O3/c1-12(35-10-30-19(33(3)11-36)18(35)21(38)26-2)20(37)32-17-7-27-6-16(31-17)13-4-28-22(29-5-13)34-8-14-15(9-34)23(14,24)25/h4-7,10-12,14-15H,8-9H2,1-3H3,(H,26,38)(H,31,32,37). The summed E-state index contributed by atoms with van der Waals surface area (Å²) in [4.78, 5) is 60.8. The quantitative estimate of drug-likeness (QED) is 0.409. The number of anilines is 3. The molecule has 0 bridgehead atoms. The van der Waals surface area contributed by atoms with Gasteiger partial charge in [0.05, 0.1) is 36.3 Å². The minimum atomic E-state index is -2.58. The Balaban J connectivity index is 1.29. The van der Waals surface area contributed by atoms with E-state index in [1.165, 1.54) is 49.8 Å². The zero-order chi connectivity index (χ0) is 27.2. The number of hydrogen-bond donors (Lipinski definition) is 2. The smallest absolute Gasteiger partial charge is 0.271 e. The minimum absolute atomic E-state index is 0.0425. The number of alkyl halides is 2. The number of fused-ring (bicyclic) bond motifs is 1. The van der Waals surface area contributed by atoms with Crippen LogP contribution in [0.3, 0.4) is 0 Å². The lowest BCUT2D eigenvalue weighted by atomic mass is 10.2. The van der Waals surface area contributed by atoms with Gasteiger partial charge in [-0.25, -0.2) is 28.7 Å². The van der Waals surface area contributed by atoms with Crippen LogP contribution in [0.1, 0.15) is 23.5 Å². The highest BCUT2D eigenvalue weighted by molar-refractivity contribution is 6.00. The lowest BCUT2D eigenvalue weighted by Gasteiger charge is -2.19. The Morgan fingerprint density at radius 2 is 1.84 bits per heavy atom. The number of nitrogens with one attached hydrogen (secondary N) is 2. The summed E-state index contributed by atoms with van der Waals surface area (Å²) in [6.45, 7) is 2.01. The second kappa shape index (κ2) is 9.39. The number of carbonyl (C=O) groups excluding carboxylic acids is 3. The van der Waals surface area contributed by atoms with Crippen LogP contribution in [-0.2, 0) is 9.59 Å². The van der Waals surface area contributed by atoms with E-state index in [0.717, 1.165) is 4.90 Å². The second-order valence-electron chi connectivity index (χ2n) is 9.14. The largest absolute Gasteiger partial charge is 0.354 e. The number of carbonyl (C=O) groups is 3. The summed E-state index contributed by atoms with van der Waals surface area (Å²) in [6.07, 6.45) is 7.69. The van der Waals surface area contributed by atoms with Crippen LogP contribution in [0.5, 0.6) is 0 Å². The molecule has 3 aromatic rings. The number of rotatable bonds is 8. The Kier molecular flexibility index (Phi) is 6.20. The van der Waals surface area contributed by atoms with Crippen LogP contribution < -0.4 is 20.4 Å². The molecule has 2 N–H and O–H groups in total. The molecule has 1 saturated heterocycles. The fraction of sp³-hybridized carbons (Fsp3) is 0.391. The van der Waals surface area contributed by atoms with Gasteiger partial charge >= 0.3 is 0 Å². The maximum absolute atomic E-state index is 13.5. The molecule has 1 aliphatic heterocycles. The number of piperidine rings is 1. The van der Waals surface area contributed by atoms with E-state index in [0.29, 0.717) is 23.6 Å². The number of hydrogen-bond acceptors (Lipinski definition) is 9. The normalized spacial score (nSPS) is 19.9. The summed E-state index contributed by atoms with van der Waals surface area (Å²) in [5.41, 5.74) is 0.959. The molecule has 5 rings (SSSR count). The van der Waals surface area contributed by atoms with E-state index < -0.39 is 35.6 Å². The summed E-state index contributed by atoms with van der Waals surface area (Å²) in [6, 6.07) is -0.893. The number of halogens is 2. The fourth-order valence-corrected chi connectivity index (χ4v) is 4.50. The number of imidazole rings is 1. The highest BCUT2D eigenvalue weighted by atomic mass is 19.3. The lowest BCUT2D eigenvalue weighted by Crippen LogP contribution is -2.30. The van der Waals surface area contributed by atoms with Crippen molar-refractivity contribution >= 4 is 35.8 Å². The minimum Gasteiger partial charge on any atom is -0.354 e. The van der Waals surface area contributed by atoms with Crippen LogP contribution in [0.2, 0.25) is 0 Å². The van der Waals surface area contributed by atoms with Crippen molar-refractivity contribution in [3.8, 4) is 11.3 Å². The first-order chi connectivity index (χ1) is 18.1. The van der Waals surface area contributed by atoms with Gasteiger partial charge in [-0.3, -0.25) is 19.4 Å². The first kappa shape index (κ1) is 25.1. The van der Waals surface area contributed by atoms with Crippen LogP contribution >= 0.6 is 0 Å². The molecule has 1 aliphatic carbocycles. The van der Waals surface area contributed by atoms with Gasteiger partial charge in [-0.1, -0.05) is 0 Å². The third-order valence-corrected chi connectivity index (χ3v) is 6.81. The predicted octanol–water partition coefficient (Wildman–Crippen LogP) is 0.983. The second-order valence-corrected chi connectivity index (χ2v) is 9.14. The number of amides is 3. The molecule has 198 valence electrons. The third kappa shape index (κ3) is 4.29. The van der Waals surface area contributed by atoms with Crippen molar-refractivity contribution < 1.29 is 23.2 Å². The van der Waals surface area contributed by atoms with Crippen LogP contribution in [0, 0.1) is 11.8 Å². The molecule has 0 spiro atoms. The molecule has 1 saturated carbocycles. The van der Waals surface area contributed by atoms with Gasteiger partial charge in [-0.2, -0.15) is 0 Å². The predicted molar refractivity (Wildman–Crippen MR) is 131 cm³/mol.